The number of benzene rings is 2. The molecular weight excluding hydrogens is 534 g/mol. The van der Waals surface area contributed by atoms with Crippen molar-refractivity contribution in [3.8, 4) is 5.75 Å². The number of hydrogen-bond acceptors (Lipinski definition) is 8. The van der Waals surface area contributed by atoms with Crippen LogP contribution >= 0.6 is 0 Å². The van der Waals surface area contributed by atoms with E-state index in [2.05, 4.69) is 11.9 Å². The minimum atomic E-state index is -0.724. The molecule has 1 atom stereocenters. The Balaban J connectivity index is 1.89. The highest BCUT2D eigenvalue weighted by molar-refractivity contribution is 5.99. The van der Waals surface area contributed by atoms with Gasteiger partial charge >= 0.3 is 12.1 Å². The normalized spacial score (nSPS) is 14.9. The van der Waals surface area contributed by atoms with Crippen LogP contribution in [0.5, 0.6) is 5.75 Å². The summed E-state index contributed by atoms with van der Waals surface area (Å²) in [4.78, 5) is 32.9. The molecule has 42 heavy (non-hydrogen) atoms. The van der Waals surface area contributed by atoms with Gasteiger partial charge in [0.05, 0.1) is 39.0 Å². The molecule has 1 aliphatic rings. The van der Waals surface area contributed by atoms with Gasteiger partial charge in [-0.1, -0.05) is 48.5 Å². The first-order chi connectivity index (χ1) is 20.1. The van der Waals surface area contributed by atoms with Crippen LogP contribution in [0, 0.1) is 0 Å². The topological polar surface area (TPSA) is 98.7 Å². The predicted molar refractivity (Wildman–Crippen MR) is 163 cm³/mol. The van der Waals surface area contributed by atoms with Gasteiger partial charge in [-0.3, -0.25) is 0 Å². The van der Waals surface area contributed by atoms with Crippen LogP contribution in [0.25, 0.3) is 0 Å². The van der Waals surface area contributed by atoms with Crippen molar-refractivity contribution in [2.45, 2.75) is 71.2 Å². The quantitative estimate of drug-likeness (QED) is 0.173. The Morgan fingerprint density at radius 2 is 1.76 bits per heavy atom. The van der Waals surface area contributed by atoms with Gasteiger partial charge in [0.1, 0.15) is 11.4 Å². The fourth-order valence-electron chi connectivity index (χ4n) is 4.41. The molecule has 9 heteroatoms. The van der Waals surface area contributed by atoms with E-state index in [9.17, 15) is 9.59 Å². The van der Waals surface area contributed by atoms with Gasteiger partial charge in [-0.25, -0.2) is 19.5 Å². The molecule has 226 valence electrons. The maximum absolute atomic E-state index is 13.5. The molecule has 2 aromatic carbocycles. The van der Waals surface area contributed by atoms with Crippen molar-refractivity contribution in [2.24, 2.45) is 4.99 Å². The molecule has 0 saturated carbocycles. The van der Waals surface area contributed by atoms with Crippen LogP contribution in [0.4, 0.5) is 4.79 Å². The molecule has 1 heterocycles. The maximum Gasteiger partial charge on any atom is 0.417 e. The lowest BCUT2D eigenvalue weighted by Gasteiger charge is -2.33. The van der Waals surface area contributed by atoms with Crippen LogP contribution < -0.4 is 10.1 Å². The van der Waals surface area contributed by atoms with E-state index in [0.717, 1.165) is 11.1 Å². The molecule has 0 unspecified atom stereocenters. The van der Waals surface area contributed by atoms with Crippen molar-refractivity contribution in [3.63, 3.8) is 0 Å². The second kappa shape index (κ2) is 15.8. The van der Waals surface area contributed by atoms with Crippen LogP contribution in [-0.4, -0.2) is 55.4 Å². The molecule has 1 aliphatic heterocycles. The van der Waals surface area contributed by atoms with E-state index in [4.69, 9.17) is 23.9 Å². The molecule has 0 fully saturated rings. The van der Waals surface area contributed by atoms with E-state index < -0.39 is 23.7 Å². The van der Waals surface area contributed by atoms with Crippen molar-refractivity contribution >= 4 is 18.0 Å². The van der Waals surface area contributed by atoms with E-state index in [1.54, 1.807) is 13.2 Å². The molecule has 0 spiro atoms. The van der Waals surface area contributed by atoms with Crippen molar-refractivity contribution in [3.05, 3.63) is 89.6 Å². The van der Waals surface area contributed by atoms with Crippen LogP contribution in [0.15, 0.2) is 83.5 Å². The van der Waals surface area contributed by atoms with Crippen molar-refractivity contribution in [2.75, 3.05) is 20.8 Å². The number of carbonyl (C=O) groups excluding carboxylic acids is 2. The van der Waals surface area contributed by atoms with Gasteiger partial charge < -0.3 is 24.3 Å². The number of nitrogens with one attached hydrogen (secondary N) is 1. The van der Waals surface area contributed by atoms with E-state index in [-0.39, 0.29) is 6.54 Å². The van der Waals surface area contributed by atoms with Gasteiger partial charge in [-0.15, -0.1) is 6.58 Å². The summed E-state index contributed by atoms with van der Waals surface area (Å²) in [5.74, 6) is 0.558. The Morgan fingerprint density at radius 3 is 2.38 bits per heavy atom. The number of allylic oxidation sites excluding steroid dienone is 2. The predicted octanol–water partition coefficient (Wildman–Crippen LogP) is 6.15. The molecule has 0 bridgehead atoms. The molecule has 0 saturated heterocycles. The second-order valence-corrected chi connectivity index (χ2v) is 10.9. The molecule has 0 radical (unpaired) electrons. The summed E-state index contributed by atoms with van der Waals surface area (Å²) >= 11 is 0. The Kier molecular flexibility index (Phi) is 12.2. The minimum absolute atomic E-state index is 0.194. The average molecular weight is 578 g/mol. The number of carbonyl (C=O) groups is 2. The number of nitrogens with zero attached hydrogens (tertiary/aromatic N) is 2. The summed E-state index contributed by atoms with van der Waals surface area (Å²) in [6.45, 7) is 10.5. The number of methoxy groups -OCH3 is 2. The third-order valence-electron chi connectivity index (χ3n) is 6.44. The Bertz CT molecular complexity index is 1250. The summed E-state index contributed by atoms with van der Waals surface area (Å²) in [5.41, 5.74) is 2.31. The highest BCUT2D eigenvalue weighted by atomic mass is 16.6. The highest BCUT2D eigenvalue weighted by Gasteiger charge is 2.34. The lowest BCUT2D eigenvalue weighted by atomic mass is 9.97. The summed E-state index contributed by atoms with van der Waals surface area (Å²) < 4.78 is 22.1. The van der Waals surface area contributed by atoms with Crippen molar-refractivity contribution in [1.29, 1.82) is 0 Å². The first-order valence-corrected chi connectivity index (χ1v) is 14.2. The van der Waals surface area contributed by atoms with E-state index in [0.29, 0.717) is 61.9 Å². The zero-order valence-electron chi connectivity index (χ0n) is 25.4. The Labute approximate surface area is 249 Å². The van der Waals surface area contributed by atoms with Gasteiger partial charge in [-0.05, 0) is 69.7 Å². The number of guanidine groups is 1. The summed E-state index contributed by atoms with van der Waals surface area (Å²) in [7, 11) is 2.96. The lowest BCUT2D eigenvalue weighted by molar-refractivity contribution is -0.136. The molecule has 2 aromatic rings. The number of aliphatic imine (C=N–C) groups is 1. The van der Waals surface area contributed by atoms with Gasteiger partial charge in [0.25, 0.3) is 0 Å². The van der Waals surface area contributed by atoms with Gasteiger partial charge in [0.2, 0.25) is 5.96 Å². The summed E-state index contributed by atoms with van der Waals surface area (Å²) in [6, 6.07) is 16.9. The van der Waals surface area contributed by atoms with Gasteiger partial charge in [-0.2, -0.15) is 0 Å². The third-order valence-corrected chi connectivity index (χ3v) is 6.44. The number of hydrogen-bond donors (Lipinski definition) is 1. The fraction of sp³-hybridized carbons (Fsp3) is 0.424. The molecule has 1 amide bonds. The minimum Gasteiger partial charge on any atom is -0.497 e. The van der Waals surface area contributed by atoms with Crippen LogP contribution in [0.2, 0.25) is 0 Å². The summed E-state index contributed by atoms with van der Waals surface area (Å²) in [6.07, 6.45) is 3.51. The van der Waals surface area contributed by atoms with E-state index in [1.807, 2.05) is 75.4 Å². The monoisotopic (exact) mass is 577 g/mol. The number of amides is 1. The van der Waals surface area contributed by atoms with Crippen molar-refractivity contribution < 1.29 is 28.5 Å². The van der Waals surface area contributed by atoms with Crippen molar-refractivity contribution in [1.82, 2.24) is 10.2 Å². The number of ether oxygens (including phenoxy) is 4. The first kappa shape index (κ1) is 32.4. The number of esters is 1. The standard InChI is InChI=1S/C33H43N3O6/c1-7-8-15-27-29(30(37)40-6)28(16-12-21-41-23-25-13-10-9-11-14-25)35-31(34-27)36(32(38)42-33(2,3)4)22-24-17-19-26(39-5)20-18-24/h7,9-11,13-14,17-20,27H,1,8,12,15-16,21-23H2,2-6H3,(H,34,35)/t27-/m1/s1. The maximum atomic E-state index is 13.5. The van der Waals surface area contributed by atoms with E-state index >= 15 is 0 Å². The van der Waals surface area contributed by atoms with Gasteiger partial charge in [0.15, 0.2) is 0 Å². The largest absolute Gasteiger partial charge is 0.497 e. The summed E-state index contributed by atoms with van der Waals surface area (Å²) in [5, 5.41) is 3.29. The van der Waals surface area contributed by atoms with E-state index in [1.165, 1.54) is 12.0 Å². The van der Waals surface area contributed by atoms with Crippen LogP contribution in [0.1, 0.15) is 57.6 Å². The van der Waals surface area contributed by atoms with Gasteiger partial charge in [0, 0.05) is 12.3 Å². The SMILES string of the molecule is C=CCC[C@H]1N=C(N(Cc2ccc(OC)cc2)C(=O)OC(C)(C)C)NC(CCCOCc2ccccc2)=C1C(=O)OC. The second-order valence-electron chi connectivity index (χ2n) is 10.9. The Hall–Kier alpha value is -4.11. The van der Waals surface area contributed by atoms with Crippen LogP contribution in [-0.2, 0) is 32.2 Å². The highest BCUT2D eigenvalue weighted by Crippen LogP contribution is 2.26. The average Bonchev–Trinajstić information content (AvgIpc) is 2.98. The fourth-order valence-corrected chi connectivity index (χ4v) is 4.41. The molecule has 0 aromatic heterocycles. The molecular formula is C33H43N3O6. The number of rotatable bonds is 13. The van der Waals surface area contributed by atoms with Crippen LogP contribution in [0.3, 0.4) is 0 Å². The zero-order chi connectivity index (χ0) is 30.5. The first-order valence-electron chi connectivity index (χ1n) is 14.2. The molecule has 9 nitrogen and oxygen atoms in total. The molecule has 0 aliphatic carbocycles. The zero-order valence-corrected chi connectivity index (χ0v) is 25.4. The molecule has 3 rings (SSSR count). The smallest absolute Gasteiger partial charge is 0.417 e. The molecule has 1 N–H and O–H groups in total. The third kappa shape index (κ3) is 9.76. The lowest BCUT2D eigenvalue weighted by Crippen LogP contribution is -2.49. The Morgan fingerprint density at radius 1 is 1.05 bits per heavy atom.